The lowest BCUT2D eigenvalue weighted by atomic mass is 9.92. The van der Waals surface area contributed by atoms with Gasteiger partial charge in [-0.25, -0.2) is 5.01 Å². The van der Waals surface area contributed by atoms with E-state index < -0.39 is 5.72 Å². The number of hydrogen-bond donors (Lipinski definition) is 0. The third kappa shape index (κ3) is 2.63. The highest BCUT2D eigenvalue weighted by molar-refractivity contribution is 9.10. The zero-order valence-electron chi connectivity index (χ0n) is 17.5. The molecule has 0 aliphatic carbocycles. The Kier molecular flexibility index (Phi) is 4.23. The Bertz CT molecular complexity index is 1320. The highest BCUT2D eigenvalue weighted by Crippen LogP contribution is 2.55. The molecule has 1 spiro atoms. The monoisotopic (exact) mass is 507 g/mol. The summed E-state index contributed by atoms with van der Waals surface area (Å²) in [6.45, 7) is 2.02. The molecule has 32 heavy (non-hydrogen) atoms. The van der Waals surface area contributed by atoms with Gasteiger partial charge in [0.1, 0.15) is 5.75 Å². The van der Waals surface area contributed by atoms with Crippen LogP contribution in [-0.2, 0) is 10.5 Å². The van der Waals surface area contributed by atoms with Crippen LogP contribution in [0.15, 0.2) is 70.2 Å². The topological polar surface area (TPSA) is 45.1 Å². The fourth-order valence-electron chi connectivity index (χ4n) is 4.92. The van der Waals surface area contributed by atoms with Gasteiger partial charge in [-0.15, -0.1) is 0 Å². The predicted octanol–water partition coefficient (Wildman–Crippen LogP) is 5.78. The van der Waals surface area contributed by atoms with Crippen LogP contribution >= 0.6 is 27.5 Å². The van der Waals surface area contributed by atoms with Crippen molar-refractivity contribution in [3.8, 4) is 5.75 Å². The molecular formula is C25H19BrClN3O2. The maximum atomic E-state index is 13.8. The smallest absolute Gasteiger partial charge is 0.306 e. The average Bonchev–Trinajstić information content (AvgIpc) is 3.31. The van der Waals surface area contributed by atoms with Gasteiger partial charge in [-0.1, -0.05) is 51.3 Å². The second-order valence-electron chi connectivity index (χ2n) is 8.43. The molecule has 6 rings (SSSR count). The van der Waals surface area contributed by atoms with Crippen molar-refractivity contribution in [3.63, 3.8) is 0 Å². The molecule has 3 aromatic carbocycles. The van der Waals surface area contributed by atoms with Crippen molar-refractivity contribution >= 4 is 44.8 Å². The molecule has 160 valence electrons. The molecule has 0 N–H and O–H groups in total. The number of carbonyl (C=O) groups excluding carboxylic acids is 1. The van der Waals surface area contributed by atoms with Gasteiger partial charge in [0.15, 0.2) is 0 Å². The molecule has 3 aliphatic heterocycles. The summed E-state index contributed by atoms with van der Waals surface area (Å²) in [7, 11) is 1.79. The molecule has 0 saturated carbocycles. The van der Waals surface area contributed by atoms with Crippen LogP contribution in [0.3, 0.4) is 0 Å². The summed E-state index contributed by atoms with van der Waals surface area (Å²) < 4.78 is 7.56. The lowest BCUT2D eigenvalue weighted by molar-refractivity contribution is -0.163. The molecule has 0 bridgehead atoms. The summed E-state index contributed by atoms with van der Waals surface area (Å²) >= 11 is 9.69. The van der Waals surface area contributed by atoms with Crippen molar-refractivity contribution in [1.29, 1.82) is 0 Å². The normalized spacial score (nSPS) is 23.1. The van der Waals surface area contributed by atoms with Crippen molar-refractivity contribution in [2.24, 2.45) is 5.10 Å². The number of anilines is 1. The Morgan fingerprint density at radius 3 is 2.69 bits per heavy atom. The first kappa shape index (κ1) is 19.8. The Morgan fingerprint density at radius 2 is 1.91 bits per heavy atom. The zero-order valence-corrected chi connectivity index (χ0v) is 19.8. The molecule has 0 aromatic heterocycles. The number of likely N-dealkylation sites (N-methyl/N-ethyl adjacent to an activating group) is 1. The molecule has 0 radical (unpaired) electrons. The van der Waals surface area contributed by atoms with Crippen LogP contribution in [0.25, 0.3) is 0 Å². The molecule has 7 heteroatoms. The van der Waals surface area contributed by atoms with Crippen molar-refractivity contribution in [2.45, 2.75) is 25.1 Å². The summed E-state index contributed by atoms with van der Waals surface area (Å²) in [6, 6.07) is 19.5. The van der Waals surface area contributed by atoms with E-state index in [0.29, 0.717) is 17.2 Å². The molecule has 3 aliphatic rings. The van der Waals surface area contributed by atoms with E-state index in [-0.39, 0.29) is 11.9 Å². The second kappa shape index (κ2) is 6.83. The summed E-state index contributed by atoms with van der Waals surface area (Å²) in [5.74, 6) is 0.566. The van der Waals surface area contributed by atoms with E-state index in [1.165, 1.54) is 0 Å². The van der Waals surface area contributed by atoms with Gasteiger partial charge in [0.25, 0.3) is 5.91 Å². The number of fused-ring (bicyclic) bond motifs is 6. The third-order valence-electron chi connectivity index (χ3n) is 6.47. The van der Waals surface area contributed by atoms with Crippen LogP contribution in [0.1, 0.15) is 34.7 Å². The number of carbonyl (C=O) groups is 1. The van der Waals surface area contributed by atoms with E-state index in [0.717, 1.165) is 38.1 Å². The van der Waals surface area contributed by atoms with Crippen molar-refractivity contribution in [3.05, 3.63) is 92.4 Å². The quantitative estimate of drug-likeness (QED) is 0.418. The first-order valence-corrected chi connectivity index (χ1v) is 11.6. The largest absolute Gasteiger partial charge is 0.453 e. The van der Waals surface area contributed by atoms with Gasteiger partial charge >= 0.3 is 5.72 Å². The lowest BCUT2D eigenvalue weighted by Gasteiger charge is -2.44. The summed E-state index contributed by atoms with van der Waals surface area (Å²) in [4.78, 5) is 15.5. The standard InChI is InChI=1S/C25H19BrClN3O2/c1-14-3-9-21-19(11-14)25(24(31)29(21)2)30-22(18-12-16(26)6-10-23(18)32-25)13-20(28-30)15-4-7-17(27)8-5-15/h3-12,22H,13H2,1-2H3. The molecule has 3 heterocycles. The number of rotatable bonds is 1. The van der Waals surface area contributed by atoms with E-state index in [1.54, 1.807) is 11.9 Å². The summed E-state index contributed by atoms with van der Waals surface area (Å²) in [5, 5.41) is 7.55. The van der Waals surface area contributed by atoms with Crippen LogP contribution in [0.2, 0.25) is 5.02 Å². The molecule has 0 saturated heterocycles. The van der Waals surface area contributed by atoms with Gasteiger partial charge in [-0.3, -0.25) is 4.79 Å². The average molecular weight is 509 g/mol. The summed E-state index contributed by atoms with van der Waals surface area (Å²) in [6.07, 6.45) is 0.661. The minimum Gasteiger partial charge on any atom is -0.453 e. The number of hydrazone groups is 1. The first-order chi connectivity index (χ1) is 15.4. The minimum atomic E-state index is -1.34. The molecular weight excluding hydrogens is 490 g/mol. The number of benzene rings is 3. The van der Waals surface area contributed by atoms with Crippen LogP contribution in [0.4, 0.5) is 5.69 Å². The number of hydrogen-bond acceptors (Lipinski definition) is 4. The highest BCUT2D eigenvalue weighted by Gasteiger charge is 2.62. The molecule has 2 atom stereocenters. The molecule has 1 amide bonds. The molecule has 5 nitrogen and oxygen atoms in total. The van der Waals surface area contributed by atoms with Gasteiger partial charge in [0.2, 0.25) is 0 Å². The highest BCUT2D eigenvalue weighted by atomic mass is 79.9. The van der Waals surface area contributed by atoms with Crippen LogP contribution in [0.5, 0.6) is 5.75 Å². The van der Waals surface area contributed by atoms with Crippen molar-refractivity contribution < 1.29 is 9.53 Å². The number of nitrogens with zero attached hydrogens (tertiary/aromatic N) is 3. The van der Waals surface area contributed by atoms with Crippen LogP contribution in [0, 0.1) is 6.92 Å². The van der Waals surface area contributed by atoms with E-state index in [2.05, 4.69) is 22.0 Å². The Hall–Kier alpha value is -2.83. The number of aryl methyl sites for hydroxylation is 1. The van der Waals surface area contributed by atoms with E-state index >= 15 is 0 Å². The van der Waals surface area contributed by atoms with Gasteiger partial charge in [-0.2, -0.15) is 5.10 Å². The zero-order chi connectivity index (χ0) is 22.2. The number of amides is 1. The van der Waals surface area contributed by atoms with Crippen molar-refractivity contribution in [2.75, 3.05) is 11.9 Å². The molecule has 3 aromatic rings. The number of ether oxygens (including phenoxy) is 1. The first-order valence-electron chi connectivity index (χ1n) is 10.4. The van der Waals surface area contributed by atoms with Gasteiger partial charge in [-0.05, 0) is 55.0 Å². The maximum absolute atomic E-state index is 13.8. The van der Waals surface area contributed by atoms with E-state index in [9.17, 15) is 4.79 Å². The summed E-state index contributed by atoms with van der Waals surface area (Å²) in [5.41, 5.74) is 4.29. The fourth-order valence-corrected chi connectivity index (χ4v) is 5.43. The lowest BCUT2D eigenvalue weighted by Crippen LogP contribution is -2.56. The SMILES string of the molecule is Cc1ccc2c(c1)C1(Oc3ccc(Br)cc3C3CC(c4ccc(Cl)cc4)=NN31)C(=O)N2C. The minimum absolute atomic E-state index is 0.134. The Balaban J connectivity index is 1.59. The molecule has 2 unspecified atom stereocenters. The van der Waals surface area contributed by atoms with Crippen LogP contribution < -0.4 is 9.64 Å². The predicted molar refractivity (Wildman–Crippen MR) is 128 cm³/mol. The Morgan fingerprint density at radius 1 is 1.12 bits per heavy atom. The van der Waals surface area contributed by atoms with Crippen molar-refractivity contribution in [1.82, 2.24) is 5.01 Å². The van der Waals surface area contributed by atoms with Gasteiger partial charge in [0.05, 0.1) is 23.0 Å². The van der Waals surface area contributed by atoms with E-state index in [1.807, 2.05) is 66.5 Å². The van der Waals surface area contributed by atoms with Gasteiger partial charge < -0.3 is 9.64 Å². The fraction of sp³-hybridized carbons (Fsp3) is 0.200. The Labute approximate surface area is 199 Å². The maximum Gasteiger partial charge on any atom is 0.306 e. The van der Waals surface area contributed by atoms with Gasteiger partial charge in [0, 0.05) is 28.5 Å². The van der Waals surface area contributed by atoms with E-state index in [4.69, 9.17) is 21.4 Å². The van der Waals surface area contributed by atoms with Crippen LogP contribution in [-0.4, -0.2) is 23.7 Å². The second-order valence-corrected chi connectivity index (χ2v) is 9.78. The molecule has 0 fully saturated rings. The number of halogens is 2. The third-order valence-corrected chi connectivity index (χ3v) is 7.22.